The van der Waals surface area contributed by atoms with Crippen LogP contribution in [0.1, 0.15) is 20.7 Å². The number of amides is 2. The van der Waals surface area contributed by atoms with Gasteiger partial charge < -0.3 is 4.74 Å². The Kier molecular flexibility index (Phi) is 5.59. The average molecular weight is 354 g/mol. The predicted molar refractivity (Wildman–Crippen MR) is 80.6 cm³/mol. The van der Waals surface area contributed by atoms with Crippen molar-refractivity contribution in [2.75, 3.05) is 6.61 Å². The van der Waals surface area contributed by atoms with Crippen LogP contribution >= 0.6 is 11.6 Å². The lowest BCUT2D eigenvalue weighted by atomic mass is 10.2. The van der Waals surface area contributed by atoms with Crippen molar-refractivity contribution in [1.29, 1.82) is 0 Å². The monoisotopic (exact) mass is 353 g/mol. The van der Waals surface area contributed by atoms with Crippen molar-refractivity contribution in [2.45, 2.75) is 0 Å². The molecule has 0 atom stereocenters. The van der Waals surface area contributed by atoms with Crippen molar-refractivity contribution in [3.8, 4) is 0 Å². The molecular formula is C16H10ClF2NO4. The minimum Gasteiger partial charge on any atom is -0.452 e. The van der Waals surface area contributed by atoms with Crippen LogP contribution in [0.25, 0.3) is 0 Å². The Morgan fingerprint density at radius 1 is 1.04 bits per heavy atom. The molecule has 0 aliphatic rings. The molecule has 2 aromatic carbocycles. The molecular weight excluding hydrogens is 344 g/mol. The summed E-state index contributed by atoms with van der Waals surface area (Å²) in [4.78, 5) is 35.0. The molecule has 0 heterocycles. The van der Waals surface area contributed by atoms with E-state index < -0.39 is 41.6 Å². The van der Waals surface area contributed by atoms with Crippen LogP contribution in [-0.2, 0) is 9.53 Å². The molecule has 0 unspecified atom stereocenters. The van der Waals surface area contributed by atoms with E-state index in [0.717, 1.165) is 0 Å². The van der Waals surface area contributed by atoms with Crippen molar-refractivity contribution >= 4 is 29.4 Å². The number of halogens is 3. The standard InChI is InChI=1S/C16H10ClF2NO4/c17-11-7-13(19)12(18)6-10(11)16(23)24-8-14(21)20-15(22)9-4-2-1-3-5-9/h1-7H,8H2,(H,20,21,22). The van der Waals surface area contributed by atoms with E-state index >= 15 is 0 Å². The van der Waals surface area contributed by atoms with Gasteiger partial charge in [0.1, 0.15) is 0 Å². The van der Waals surface area contributed by atoms with Gasteiger partial charge in [-0.15, -0.1) is 0 Å². The molecule has 0 bridgehead atoms. The van der Waals surface area contributed by atoms with Gasteiger partial charge in [0.05, 0.1) is 10.6 Å². The van der Waals surface area contributed by atoms with Gasteiger partial charge in [-0.3, -0.25) is 14.9 Å². The number of hydrogen-bond donors (Lipinski definition) is 1. The van der Waals surface area contributed by atoms with E-state index in [4.69, 9.17) is 11.6 Å². The van der Waals surface area contributed by atoms with Gasteiger partial charge >= 0.3 is 5.97 Å². The molecule has 2 aromatic rings. The second kappa shape index (κ2) is 7.65. The van der Waals surface area contributed by atoms with Crippen LogP contribution in [0.4, 0.5) is 8.78 Å². The number of esters is 1. The molecule has 0 saturated heterocycles. The fourth-order valence-electron chi connectivity index (χ4n) is 1.71. The van der Waals surface area contributed by atoms with Gasteiger partial charge in [0.25, 0.3) is 11.8 Å². The maximum absolute atomic E-state index is 13.1. The second-order valence-corrected chi connectivity index (χ2v) is 4.97. The molecule has 0 aromatic heterocycles. The molecule has 0 aliphatic heterocycles. The molecule has 0 saturated carbocycles. The Bertz CT molecular complexity index is 796. The summed E-state index contributed by atoms with van der Waals surface area (Å²) in [6, 6.07) is 9.10. The topological polar surface area (TPSA) is 72.5 Å². The SMILES string of the molecule is O=C(COC(=O)c1cc(F)c(F)cc1Cl)NC(=O)c1ccccc1. The van der Waals surface area contributed by atoms with Gasteiger partial charge in [-0.25, -0.2) is 13.6 Å². The van der Waals surface area contributed by atoms with Gasteiger partial charge in [0.15, 0.2) is 18.2 Å². The molecule has 5 nitrogen and oxygen atoms in total. The van der Waals surface area contributed by atoms with Crippen molar-refractivity contribution < 1.29 is 27.9 Å². The Balaban J connectivity index is 1.93. The highest BCUT2D eigenvalue weighted by molar-refractivity contribution is 6.33. The summed E-state index contributed by atoms with van der Waals surface area (Å²) in [5.74, 6) is -5.17. The number of carbonyl (C=O) groups is 3. The van der Waals surface area contributed by atoms with Crippen LogP contribution in [0.15, 0.2) is 42.5 Å². The quantitative estimate of drug-likeness (QED) is 0.677. The highest BCUT2D eigenvalue weighted by Crippen LogP contribution is 2.20. The Morgan fingerprint density at radius 2 is 1.67 bits per heavy atom. The predicted octanol–water partition coefficient (Wildman–Crippen LogP) is 2.73. The molecule has 0 radical (unpaired) electrons. The maximum Gasteiger partial charge on any atom is 0.340 e. The normalized spacial score (nSPS) is 10.1. The molecule has 0 fully saturated rings. The largest absolute Gasteiger partial charge is 0.452 e. The summed E-state index contributed by atoms with van der Waals surface area (Å²) in [7, 11) is 0. The number of carbonyl (C=O) groups excluding carboxylic acids is 3. The van der Waals surface area contributed by atoms with Gasteiger partial charge in [-0.2, -0.15) is 0 Å². The molecule has 8 heteroatoms. The molecule has 2 rings (SSSR count). The number of imide groups is 1. The van der Waals surface area contributed by atoms with E-state index in [1.807, 2.05) is 5.32 Å². The van der Waals surface area contributed by atoms with Crippen molar-refractivity contribution in [2.24, 2.45) is 0 Å². The van der Waals surface area contributed by atoms with Crippen molar-refractivity contribution in [1.82, 2.24) is 5.32 Å². The summed E-state index contributed by atoms with van der Waals surface area (Å²) in [6.07, 6.45) is 0. The fraction of sp³-hybridized carbons (Fsp3) is 0.0625. The van der Waals surface area contributed by atoms with Gasteiger partial charge in [0.2, 0.25) is 0 Å². The number of ether oxygens (including phenoxy) is 1. The Hall–Kier alpha value is -2.80. The molecule has 124 valence electrons. The summed E-state index contributed by atoms with van der Waals surface area (Å²) >= 11 is 5.61. The van der Waals surface area contributed by atoms with Gasteiger partial charge in [-0.1, -0.05) is 29.8 Å². The Labute approximate surface area is 140 Å². The lowest BCUT2D eigenvalue weighted by Crippen LogP contribution is -2.34. The first-order valence-electron chi connectivity index (χ1n) is 6.59. The zero-order chi connectivity index (χ0) is 17.7. The average Bonchev–Trinajstić information content (AvgIpc) is 2.56. The summed E-state index contributed by atoms with van der Waals surface area (Å²) < 4.78 is 30.7. The highest BCUT2D eigenvalue weighted by atomic mass is 35.5. The number of rotatable bonds is 4. The van der Waals surface area contributed by atoms with E-state index in [2.05, 4.69) is 4.74 Å². The third-order valence-electron chi connectivity index (χ3n) is 2.85. The highest BCUT2D eigenvalue weighted by Gasteiger charge is 2.18. The number of nitrogens with one attached hydrogen (secondary N) is 1. The maximum atomic E-state index is 13.1. The smallest absolute Gasteiger partial charge is 0.340 e. The minimum absolute atomic E-state index is 0.251. The van der Waals surface area contributed by atoms with Crippen molar-refractivity contribution in [3.05, 3.63) is 70.2 Å². The number of benzene rings is 2. The van der Waals surface area contributed by atoms with Gasteiger partial charge in [0, 0.05) is 5.56 Å². The van der Waals surface area contributed by atoms with E-state index in [9.17, 15) is 23.2 Å². The fourth-order valence-corrected chi connectivity index (χ4v) is 1.94. The van der Waals surface area contributed by atoms with Crippen LogP contribution in [0.2, 0.25) is 5.02 Å². The molecule has 24 heavy (non-hydrogen) atoms. The zero-order valence-electron chi connectivity index (χ0n) is 12.0. The number of hydrogen-bond acceptors (Lipinski definition) is 4. The summed E-state index contributed by atoms with van der Waals surface area (Å²) in [5, 5.41) is 1.65. The zero-order valence-corrected chi connectivity index (χ0v) is 12.8. The van der Waals surface area contributed by atoms with Gasteiger partial charge in [-0.05, 0) is 24.3 Å². The van der Waals surface area contributed by atoms with E-state index in [1.54, 1.807) is 18.2 Å². The van der Waals surface area contributed by atoms with Crippen LogP contribution in [-0.4, -0.2) is 24.4 Å². The lowest BCUT2D eigenvalue weighted by molar-refractivity contribution is -0.123. The van der Waals surface area contributed by atoms with E-state index in [0.29, 0.717) is 12.1 Å². The summed E-state index contributed by atoms with van der Waals surface area (Å²) in [5.41, 5.74) is -0.182. The second-order valence-electron chi connectivity index (χ2n) is 4.57. The first-order chi connectivity index (χ1) is 11.4. The third-order valence-corrected chi connectivity index (χ3v) is 3.17. The molecule has 1 N–H and O–H groups in total. The molecule has 2 amide bonds. The lowest BCUT2D eigenvalue weighted by Gasteiger charge is -2.07. The van der Waals surface area contributed by atoms with Crippen molar-refractivity contribution in [3.63, 3.8) is 0 Å². The summed E-state index contributed by atoms with van der Waals surface area (Å²) in [6.45, 7) is -0.785. The first kappa shape index (κ1) is 17.6. The van der Waals surface area contributed by atoms with Crippen LogP contribution in [0, 0.1) is 11.6 Å². The third kappa shape index (κ3) is 4.36. The van der Waals surface area contributed by atoms with E-state index in [1.165, 1.54) is 12.1 Å². The van der Waals surface area contributed by atoms with E-state index in [-0.39, 0.29) is 10.6 Å². The molecule has 0 spiro atoms. The van der Waals surface area contributed by atoms with Crippen LogP contribution in [0.3, 0.4) is 0 Å². The Morgan fingerprint density at radius 3 is 2.33 bits per heavy atom. The van der Waals surface area contributed by atoms with Crippen LogP contribution < -0.4 is 5.32 Å². The molecule has 0 aliphatic carbocycles. The first-order valence-corrected chi connectivity index (χ1v) is 6.97. The van der Waals surface area contributed by atoms with Crippen LogP contribution in [0.5, 0.6) is 0 Å². The minimum atomic E-state index is -1.28.